The van der Waals surface area contributed by atoms with Crippen LogP contribution in [-0.4, -0.2) is 40.5 Å². The molecule has 1 aromatic carbocycles. The minimum absolute atomic E-state index is 0. The second-order valence-electron chi connectivity index (χ2n) is 6.73. The maximum absolute atomic E-state index is 12.5. The number of nitrogens with zero attached hydrogens (tertiary/aromatic N) is 2. The Morgan fingerprint density at radius 3 is 2.86 bits per heavy atom. The van der Waals surface area contributed by atoms with Crippen molar-refractivity contribution < 1.29 is 9.59 Å². The second-order valence-corrected chi connectivity index (χ2v) is 6.73. The summed E-state index contributed by atoms with van der Waals surface area (Å²) in [4.78, 5) is 28.6. The summed E-state index contributed by atoms with van der Waals surface area (Å²) in [5.74, 6) is 0.243. The van der Waals surface area contributed by atoms with Crippen LogP contribution in [-0.2, 0) is 11.3 Å². The van der Waals surface area contributed by atoms with Gasteiger partial charge in [0.15, 0.2) is 0 Å². The second kappa shape index (κ2) is 11.7. The van der Waals surface area contributed by atoms with Crippen LogP contribution in [0.15, 0.2) is 43.0 Å². The topological polar surface area (TPSA) is 88.0 Å². The van der Waals surface area contributed by atoms with Crippen LogP contribution in [0.2, 0.25) is 0 Å². The molecule has 2 amide bonds. The third kappa shape index (κ3) is 6.82. The van der Waals surface area contributed by atoms with Crippen molar-refractivity contribution in [2.24, 2.45) is 5.92 Å². The Bertz CT molecular complexity index is 755. The van der Waals surface area contributed by atoms with Crippen molar-refractivity contribution in [1.29, 1.82) is 0 Å². The van der Waals surface area contributed by atoms with Gasteiger partial charge in [-0.25, -0.2) is 4.98 Å². The van der Waals surface area contributed by atoms with Gasteiger partial charge in [-0.05, 0) is 37.1 Å². The van der Waals surface area contributed by atoms with Crippen molar-refractivity contribution in [1.82, 2.24) is 20.2 Å². The van der Waals surface area contributed by atoms with Crippen LogP contribution in [0.25, 0.3) is 0 Å². The summed E-state index contributed by atoms with van der Waals surface area (Å²) in [6, 6.07) is 7.17. The van der Waals surface area contributed by atoms with Crippen LogP contribution < -0.4 is 16.0 Å². The molecule has 0 bridgehead atoms. The Hall–Kier alpha value is -2.09. The number of aromatic nitrogens is 2. The Labute approximate surface area is 177 Å². The van der Waals surface area contributed by atoms with E-state index < -0.39 is 0 Å². The molecule has 3 rings (SSSR count). The molecule has 7 nitrogen and oxygen atoms in total. The van der Waals surface area contributed by atoms with E-state index in [2.05, 4.69) is 27.9 Å². The zero-order valence-electron chi connectivity index (χ0n) is 15.8. The number of piperidine rings is 1. The molecule has 2 aromatic rings. The molecular weight excluding hydrogens is 401 g/mol. The van der Waals surface area contributed by atoms with Gasteiger partial charge in [-0.3, -0.25) is 9.59 Å². The number of anilines is 1. The summed E-state index contributed by atoms with van der Waals surface area (Å²) in [6.45, 7) is 4.51. The number of nitrogens with one attached hydrogen (secondary N) is 3. The molecule has 1 aromatic heterocycles. The molecule has 9 heteroatoms. The van der Waals surface area contributed by atoms with Gasteiger partial charge < -0.3 is 20.5 Å². The number of aryl methyl sites for hydroxylation is 1. The highest BCUT2D eigenvalue weighted by molar-refractivity contribution is 5.97. The molecule has 28 heavy (non-hydrogen) atoms. The molecule has 154 valence electrons. The first kappa shape index (κ1) is 23.9. The van der Waals surface area contributed by atoms with Crippen LogP contribution in [0, 0.1) is 5.92 Å². The molecule has 3 N–H and O–H groups in total. The third-order valence-corrected chi connectivity index (χ3v) is 4.71. The van der Waals surface area contributed by atoms with Crippen LogP contribution in [0.1, 0.15) is 30.1 Å². The van der Waals surface area contributed by atoms with Crippen LogP contribution >= 0.6 is 24.8 Å². The normalized spacial score (nSPS) is 18.3. The third-order valence-electron chi connectivity index (χ3n) is 4.71. The van der Waals surface area contributed by atoms with E-state index in [4.69, 9.17) is 0 Å². The highest BCUT2D eigenvalue weighted by atomic mass is 35.5. The number of hydrogen-bond donors (Lipinski definition) is 3. The van der Waals surface area contributed by atoms with E-state index in [1.54, 1.807) is 36.8 Å². The largest absolute Gasteiger partial charge is 0.348 e. The van der Waals surface area contributed by atoms with Gasteiger partial charge in [-0.2, -0.15) is 0 Å². The lowest BCUT2D eigenvalue weighted by molar-refractivity contribution is -0.116. The van der Waals surface area contributed by atoms with E-state index >= 15 is 0 Å². The minimum atomic E-state index is -0.111. The van der Waals surface area contributed by atoms with Gasteiger partial charge in [0.05, 0.1) is 6.33 Å². The van der Waals surface area contributed by atoms with Gasteiger partial charge in [0.2, 0.25) is 5.91 Å². The zero-order chi connectivity index (χ0) is 18.4. The van der Waals surface area contributed by atoms with Crippen molar-refractivity contribution in [3.63, 3.8) is 0 Å². The van der Waals surface area contributed by atoms with Crippen molar-refractivity contribution in [2.75, 3.05) is 18.4 Å². The van der Waals surface area contributed by atoms with E-state index in [1.165, 1.54) is 0 Å². The van der Waals surface area contributed by atoms with Crippen LogP contribution in [0.4, 0.5) is 5.69 Å². The molecule has 1 aliphatic heterocycles. The number of rotatable bonds is 6. The number of imidazole rings is 1. The van der Waals surface area contributed by atoms with Crippen LogP contribution in [0.5, 0.6) is 0 Å². The fourth-order valence-corrected chi connectivity index (χ4v) is 3.05. The first-order chi connectivity index (χ1) is 12.6. The molecule has 2 heterocycles. The Morgan fingerprint density at radius 1 is 1.32 bits per heavy atom. The molecular formula is C19H27Cl2N5O2. The van der Waals surface area contributed by atoms with Gasteiger partial charge in [0.1, 0.15) is 0 Å². The van der Waals surface area contributed by atoms with E-state index in [-0.39, 0.29) is 42.7 Å². The van der Waals surface area contributed by atoms with Crippen molar-refractivity contribution >= 4 is 42.3 Å². The number of carbonyl (C=O) groups is 2. The fourth-order valence-electron chi connectivity index (χ4n) is 3.05. The van der Waals surface area contributed by atoms with Crippen LogP contribution in [0.3, 0.4) is 0 Å². The number of benzene rings is 1. The maximum atomic E-state index is 12.5. The smallest absolute Gasteiger partial charge is 0.251 e. The Morgan fingerprint density at radius 2 is 2.14 bits per heavy atom. The number of carbonyl (C=O) groups excluding carboxylic acids is 2. The molecule has 1 aliphatic rings. The molecule has 1 saturated heterocycles. The van der Waals surface area contributed by atoms with Gasteiger partial charge in [0.25, 0.3) is 5.91 Å². The average Bonchev–Trinajstić information content (AvgIpc) is 3.16. The van der Waals surface area contributed by atoms with E-state index in [1.807, 2.05) is 10.8 Å². The molecule has 0 radical (unpaired) electrons. The predicted octanol–water partition coefficient (Wildman–Crippen LogP) is 2.48. The first-order valence-corrected chi connectivity index (χ1v) is 8.99. The quantitative estimate of drug-likeness (QED) is 0.660. The molecule has 1 fully saturated rings. The lowest BCUT2D eigenvalue weighted by Crippen LogP contribution is -2.50. The number of amides is 2. The summed E-state index contributed by atoms with van der Waals surface area (Å²) >= 11 is 0. The molecule has 0 saturated carbocycles. The summed E-state index contributed by atoms with van der Waals surface area (Å²) in [6.07, 6.45) is 6.58. The van der Waals surface area contributed by atoms with E-state index in [9.17, 15) is 9.59 Å². The summed E-state index contributed by atoms with van der Waals surface area (Å²) < 4.78 is 1.85. The van der Waals surface area contributed by atoms with Gasteiger partial charge >= 0.3 is 0 Å². The van der Waals surface area contributed by atoms with Crippen molar-refractivity contribution in [2.45, 2.75) is 32.4 Å². The van der Waals surface area contributed by atoms with E-state index in [0.717, 1.165) is 19.5 Å². The van der Waals surface area contributed by atoms with Gasteiger partial charge in [0, 0.05) is 49.2 Å². The first-order valence-electron chi connectivity index (χ1n) is 8.99. The zero-order valence-corrected chi connectivity index (χ0v) is 17.4. The summed E-state index contributed by atoms with van der Waals surface area (Å²) in [7, 11) is 0. The van der Waals surface area contributed by atoms with E-state index in [0.29, 0.717) is 30.1 Å². The molecule has 2 unspecified atom stereocenters. The Kier molecular flexibility index (Phi) is 9.99. The number of halogens is 2. The monoisotopic (exact) mass is 427 g/mol. The van der Waals surface area contributed by atoms with Crippen molar-refractivity contribution in [3.05, 3.63) is 48.5 Å². The van der Waals surface area contributed by atoms with Crippen molar-refractivity contribution in [3.8, 4) is 0 Å². The van der Waals surface area contributed by atoms with Gasteiger partial charge in [-0.1, -0.05) is 13.0 Å². The average molecular weight is 428 g/mol. The highest BCUT2D eigenvalue weighted by Crippen LogP contribution is 2.14. The molecule has 2 atom stereocenters. The predicted molar refractivity (Wildman–Crippen MR) is 114 cm³/mol. The minimum Gasteiger partial charge on any atom is -0.348 e. The SMILES string of the molecule is CC1CCNCC1NC(=O)c1cccc(NC(=O)CCn2ccnc2)c1.Cl.Cl. The number of hydrogen-bond acceptors (Lipinski definition) is 4. The summed E-state index contributed by atoms with van der Waals surface area (Å²) in [5.41, 5.74) is 1.18. The lowest BCUT2D eigenvalue weighted by atomic mass is 9.94. The summed E-state index contributed by atoms with van der Waals surface area (Å²) in [5, 5.41) is 9.24. The molecule has 0 aliphatic carbocycles. The molecule has 0 spiro atoms. The standard InChI is InChI=1S/C19H25N5O2.2ClH/c1-14-5-7-20-12-17(14)23-19(26)15-3-2-4-16(11-15)22-18(25)6-9-24-10-8-21-13-24;;/h2-4,8,10-11,13-14,17,20H,5-7,9,12H2,1H3,(H,22,25)(H,23,26);2*1H. The fraction of sp³-hybridized carbons (Fsp3) is 0.421. The Balaban J connectivity index is 0.00000196. The van der Waals surface area contributed by atoms with Gasteiger partial charge in [-0.15, -0.1) is 24.8 Å². The maximum Gasteiger partial charge on any atom is 0.251 e. The highest BCUT2D eigenvalue weighted by Gasteiger charge is 2.23. The lowest BCUT2D eigenvalue weighted by Gasteiger charge is -2.30.